The third-order valence-electron chi connectivity index (χ3n) is 6.69. The second-order valence-corrected chi connectivity index (χ2v) is 8.94. The number of halogens is 1. The van der Waals surface area contributed by atoms with Gasteiger partial charge in [0.25, 0.3) is 0 Å². The van der Waals surface area contributed by atoms with Crippen molar-refractivity contribution in [1.29, 1.82) is 0 Å². The molecule has 1 atom stereocenters. The minimum Gasteiger partial charge on any atom is -0.465 e. The SMILES string of the molecule is O=C(O)N1CCC2(CC1)CO[C@@H](CCN1CCN(c3cccc(Cl)c3)CC1)C2. The first-order valence-corrected chi connectivity index (χ1v) is 10.7. The van der Waals surface area contributed by atoms with Crippen molar-refractivity contribution < 1.29 is 14.6 Å². The Morgan fingerprint density at radius 1 is 1.18 bits per heavy atom. The molecule has 1 N–H and O–H groups in total. The predicted octanol–water partition coefficient (Wildman–Crippen LogP) is 3.40. The van der Waals surface area contributed by atoms with E-state index >= 15 is 0 Å². The van der Waals surface area contributed by atoms with E-state index in [1.807, 2.05) is 18.2 Å². The molecule has 0 radical (unpaired) electrons. The minimum absolute atomic E-state index is 0.210. The van der Waals surface area contributed by atoms with Crippen LogP contribution in [0.1, 0.15) is 25.7 Å². The number of likely N-dealkylation sites (tertiary alicyclic amines) is 1. The van der Waals surface area contributed by atoms with Gasteiger partial charge in [0.1, 0.15) is 0 Å². The molecule has 28 heavy (non-hydrogen) atoms. The molecule has 6 nitrogen and oxygen atoms in total. The van der Waals surface area contributed by atoms with Crippen molar-refractivity contribution in [2.75, 3.05) is 57.3 Å². The number of piperazine rings is 1. The molecule has 4 rings (SSSR count). The van der Waals surface area contributed by atoms with E-state index in [4.69, 9.17) is 21.4 Å². The molecule has 1 aromatic rings. The number of benzene rings is 1. The maximum absolute atomic E-state index is 11.1. The van der Waals surface area contributed by atoms with Crippen LogP contribution in [0, 0.1) is 5.41 Å². The molecule has 1 spiro atoms. The van der Waals surface area contributed by atoms with Crippen LogP contribution in [0.4, 0.5) is 10.5 Å². The fourth-order valence-corrected chi connectivity index (χ4v) is 5.02. The summed E-state index contributed by atoms with van der Waals surface area (Å²) in [6.07, 6.45) is 3.57. The minimum atomic E-state index is -0.790. The number of carbonyl (C=O) groups is 1. The third kappa shape index (κ3) is 4.56. The fourth-order valence-electron chi connectivity index (χ4n) is 4.83. The number of hydrogen-bond donors (Lipinski definition) is 1. The second-order valence-electron chi connectivity index (χ2n) is 8.50. The van der Waals surface area contributed by atoms with Crippen LogP contribution >= 0.6 is 11.6 Å². The fraction of sp³-hybridized carbons (Fsp3) is 0.667. The van der Waals surface area contributed by atoms with Crippen molar-refractivity contribution in [2.45, 2.75) is 31.8 Å². The molecule has 0 aromatic heterocycles. The molecule has 0 bridgehead atoms. The molecule has 0 saturated carbocycles. The molecule has 0 unspecified atom stereocenters. The van der Waals surface area contributed by atoms with Gasteiger partial charge < -0.3 is 19.6 Å². The standard InChI is InChI=1S/C21H30ClN3O3/c22-17-2-1-3-18(14-17)24-12-10-23(11-13-24)7-4-19-15-21(16-28-19)5-8-25(9-6-21)20(26)27/h1-3,14,19H,4-13,15-16H2,(H,26,27)/t19-/m0/s1. The van der Waals surface area contributed by atoms with E-state index in [1.165, 1.54) is 10.6 Å². The number of carboxylic acid groups (broad SMARTS) is 1. The molecule has 1 aromatic carbocycles. The maximum Gasteiger partial charge on any atom is 0.407 e. The molecule has 0 aliphatic carbocycles. The molecule has 3 aliphatic rings. The van der Waals surface area contributed by atoms with Crippen LogP contribution in [0.5, 0.6) is 0 Å². The van der Waals surface area contributed by atoms with E-state index in [9.17, 15) is 4.79 Å². The van der Waals surface area contributed by atoms with Crippen molar-refractivity contribution in [2.24, 2.45) is 5.41 Å². The first-order chi connectivity index (χ1) is 13.5. The molecule has 3 aliphatic heterocycles. The lowest BCUT2D eigenvalue weighted by Crippen LogP contribution is -2.47. The zero-order valence-electron chi connectivity index (χ0n) is 16.4. The van der Waals surface area contributed by atoms with Gasteiger partial charge >= 0.3 is 6.09 Å². The highest BCUT2D eigenvalue weighted by molar-refractivity contribution is 6.30. The average Bonchev–Trinajstić information content (AvgIpc) is 3.09. The van der Waals surface area contributed by atoms with Crippen LogP contribution in [-0.4, -0.2) is 79.5 Å². The summed E-state index contributed by atoms with van der Waals surface area (Å²) in [5.74, 6) is 0. The highest BCUT2D eigenvalue weighted by Crippen LogP contribution is 2.42. The van der Waals surface area contributed by atoms with Crippen LogP contribution in [0.2, 0.25) is 5.02 Å². The number of nitrogens with zero attached hydrogens (tertiary/aromatic N) is 3. The van der Waals surface area contributed by atoms with Crippen molar-refractivity contribution in [3.05, 3.63) is 29.3 Å². The molecule has 1 amide bonds. The molecular weight excluding hydrogens is 378 g/mol. The van der Waals surface area contributed by atoms with Gasteiger partial charge in [-0.15, -0.1) is 0 Å². The van der Waals surface area contributed by atoms with Crippen LogP contribution in [0.3, 0.4) is 0 Å². The van der Waals surface area contributed by atoms with E-state index in [2.05, 4.69) is 15.9 Å². The largest absolute Gasteiger partial charge is 0.465 e. The van der Waals surface area contributed by atoms with E-state index in [0.29, 0.717) is 19.2 Å². The summed E-state index contributed by atoms with van der Waals surface area (Å²) in [6.45, 7) is 7.37. The Bertz CT molecular complexity index is 685. The molecule has 7 heteroatoms. The normalized spacial score (nSPS) is 25.4. The van der Waals surface area contributed by atoms with Gasteiger partial charge in [0.15, 0.2) is 0 Å². The Morgan fingerprint density at radius 3 is 2.61 bits per heavy atom. The molecule has 154 valence electrons. The summed E-state index contributed by atoms with van der Waals surface area (Å²) in [4.78, 5) is 17.6. The summed E-state index contributed by atoms with van der Waals surface area (Å²) >= 11 is 6.12. The van der Waals surface area contributed by atoms with Gasteiger partial charge in [0.05, 0.1) is 12.7 Å². The Balaban J connectivity index is 1.19. The van der Waals surface area contributed by atoms with Gasteiger partial charge in [-0.1, -0.05) is 17.7 Å². The molecule has 3 fully saturated rings. The summed E-state index contributed by atoms with van der Waals surface area (Å²) in [6, 6.07) is 8.10. The Kier molecular flexibility index (Phi) is 5.99. The number of anilines is 1. The Morgan fingerprint density at radius 2 is 1.93 bits per heavy atom. The zero-order valence-corrected chi connectivity index (χ0v) is 17.1. The highest BCUT2D eigenvalue weighted by Gasteiger charge is 2.43. The molecule has 3 heterocycles. The first kappa shape index (κ1) is 19.8. The predicted molar refractivity (Wildman–Crippen MR) is 110 cm³/mol. The first-order valence-electron chi connectivity index (χ1n) is 10.4. The van der Waals surface area contributed by atoms with Gasteiger partial charge in [0, 0.05) is 56.5 Å². The van der Waals surface area contributed by atoms with E-state index in [1.54, 1.807) is 0 Å². The van der Waals surface area contributed by atoms with Crippen molar-refractivity contribution in [3.63, 3.8) is 0 Å². The lowest BCUT2D eigenvalue weighted by atomic mass is 9.76. The van der Waals surface area contributed by atoms with E-state index < -0.39 is 6.09 Å². The number of hydrogen-bond acceptors (Lipinski definition) is 4. The van der Waals surface area contributed by atoms with Crippen LogP contribution in [0.15, 0.2) is 24.3 Å². The number of ether oxygens (including phenoxy) is 1. The maximum atomic E-state index is 11.1. The van der Waals surface area contributed by atoms with E-state index in [0.717, 1.165) is 70.0 Å². The van der Waals surface area contributed by atoms with Gasteiger partial charge in [-0.2, -0.15) is 0 Å². The monoisotopic (exact) mass is 407 g/mol. The second kappa shape index (κ2) is 8.47. The van der Waals surface area contributed by atoms with Gasteiger partial charge in [-0.3, -0.25) is 4.90 Å². The smallest absolute Gasteiger partial charge is 0.407 e. The lowest BCUT2D eigenvalue weighted by Gasteiger charge is -2.37. The molecular formula is C21H30ClN3O3. The van der Waals surface area contributed by atoms with Gasteiger partial charge in [0.2, 0.25) is 0 Å². The molecule has 3 saturated heterocycles. The van der Waals surface area contributed by atoms with Crippen molar-refractivity contribution in [1.82, 2.24) is 9.80 Å². The summed E-state index contributed by atoms with van der Waals surface area (Å²) < 4.78 is 6.12. The van der Waals surface area contributed by atoms with Crippen LogP contribution in [0.25, 0.3) is 0 Å². The average molecular weight is 408 g/mol. The quantitative estimate of drug-likeness (QED) is 0.828. The number of rotatable bonds is 4. The lowest BCUT2D eigenvalue weighted by molar-refractivity contribution is 0.0581. The summed E-state index contributed by atoms with van der Waals surface area (Å²) in [7, 11) is 0. The topological polar surface area (TPSA) is 56.2 Å². The van der Waals surface area contributed by atoms with Crippen molar-refractivity contribution in [3.8, 4) is 0 Å². The van der Waals surface area contributed by atoms with Crippen molar-refractivity contribution >= 4 is 23.4 Å². The number of amides is 1. The Hall–Kier alpha value is -1.50. The van der Waals surface area contributed by atoms with Gasteiger partial charge in [-0.25, -0.2) is 4.79 Å². The zero-order chi connectivity index (χ0) is 19.6. The van der Waals surface area contributed by atoms with Crippen LogP contribution < -0.4 is 4.90 Å². The Labute approximate surface area is 172 Å². The van der Waals surface area contributed by atoms with Crippen LogP contribution in [-0.2, 0) is 4.74 Å². The summed E-state index contributed by atoms with van der Waals surface area (Å²) in [5.41, 5.74) is 1.42. The van der Waals surface area contributed by atoms with E-state index in [-0.39, 0.29) is 5.41 Å². The third-order valence-corrected chi connectivity index (χ3v) is 6.93. The number of piperidine rings is 1. The van der Waals surface area contributed by atoms with Gasteiger partial charge in [-0.05, 0) is 49.3 Å². The highest BCUT2D eigenvalue weighted by atomic mass is 35.5. The summed E-state index contributed by atoms with van der Waals surface area (Å²) in [5, 5.41) is 9.93.